The molecule has 0 aliphatic carbocycles. The molecule has 104 valence electrons. The summed E-state index contributed by atoms with van der Waals surface area (Å²) in [6.07, 6.45) is 0.260. The standard InChI is InChI=1S/C15H21NO3/c1-4-18-15(17)12-5-7-13(8-6-12)19-14-9-16(10-14)11(2)3/h5-8,11,14H,4,9-10H2,1-3H3. The SMILES string of the molecule is CCOC(=O)c1ccc(OC2CN(C(C)C)C2)cc1. The van der Waals surface area contributed by atoms with E-state index in [-0.39, 0.29) is 12.1 Å². The van der Waals surface area contributed by atoms with E-state index in [1.165, 1.54) is 0 Å². The van der Waals surface area contributed by atoms with Crippen LogP contribution in [0, 0.1) is 0 Å². The third kappa shape index (κ3) is 3.47. The summed E-state index contributed by atoms with van der Waals surface area (Å²) in [5.41, 5.74) is 0.562. The summed E-state index contributed by atoms with van der Waals surface area (Å²) >= 11 is 0. The molecule has 2 rings (SSSR count). The van der Waals surface area contributed by atoms with Gasteiger partial charge in [0.1, 0.15) is 11.9 Å². The van der Waals surface area contributed by atoms with Gasteiger partial charge in [0.2, 0.25) is 0 Å². The molecule has 1 heterocycles. The Morgan fingerprint density at radius 1 is 1.32 bits per heavy atom. The molecule has 0 radical (unpaired) electrons. The van der Waals surface area contributed by atoms with Crippen LogP contribution in [0.4, 0.5) is 0 Å². The van der Waals surface area contributed by atoms with Gasteiger partial charge in [-0.05, 0) is 45.0 Å². The lowest BCUT2D eigenvalue weighted by atomic mass is 10.1. The Morgan fingerprint density at radius 2 is 1.95 bits per heavy atom. The fourth-order valence-electron chi connectivity index (χ4n) is 2.04. The second kappa shape index (κ2) is 6.06. The number of carbonyl (C=O) groups is 1. The van der Waals surface area contributed by atoms with Gasteiger partial charge in [-0.2, -0.15) is 0 Å². The van der Waals surface area contributed by atoms with E-state index < -0.39 is 0 Å². The lowest BCUT2D eigenvalue weighted by Gasteiger charge is -2.41. The molecular formula is C15H21NO3. The molecule has 0 unspecified atom stereocenters. The highest BCUT2D eigenvalue weighted by atomic mass is 16.5. The number of esters is 1. The maximum atomic E-state index is 11.5. The van der Waals surface area contributed by atoms with Crippen LogP contribution in [0.5, 0.6) is 5.75 Å². The number of rotatable bonds is 5. The van der Waals surface area contributed by atoms with Crippen LogP contribution < -0.4 is 4.74 Å². The summed E-state index contributed by atoms with van der Waals surface area (Å²) < 4.78 is 10.8. The van der Waals surface area contributed by atoms with Crippen molar-refractivity contribution in [2.75, 3.05) is 19.7 Å². The molecule has 0 bridgehead atoms. The van der Waals surface area contributed by atoms with Crippen LogP contribution in [0.15, 0.2) is 24.3 Å². The maximum absolute atomic E-state index is 11.5. The Labute approximate surface area is 114 Å². The number of ether oxygens (including phenoxy) is 2. The van der Waals surface area contributed by atoms with Gasteiger partial charge in [-0.25, -0.2) is 4.79 Å². The summed E-state index contributed by atoms with van der Waals surface area (Å²) in [6.45, 7) is 8.50. The Kier molecular flexibility index (Phi) is 4.43. The maximum Gasteiger partial charge on any atom is 0.338 e. The number of carbonyl (C=O) groups excluding carboxylic acids is 1. The summed E-state index contributed by atoms with van der Waals surface area (Å²) in [4.78, 5) is 13.9. The largest absolute Gasteiger partial charge is 0.488 e. The van der Waals surface area contributed by atoms with Crippen molar-refractivity contribution in [2.24, 2.45) is 0 Å². The molecule has 0 amide bonds. The Morgan fingerprint density at radius 3 is 2.47 bits per heavy atom. The third-order valence-corrected chi connectivity index (χ3v) is 3.27. The van der Waals surface area contributed by atoms with Gasteiger partial charge in [-0.3, -0.25) is 4.90 Å². The van der Waals surface area contributed by atoms with Crippen LogP contribution in [0.2, 0.25) is 0 Å². The first-order valence-corrected chi connectivity index (χ1v) is 6.78. The van der Waals surface area contributed by atoms with Crippen molar-refractivity contribution in [1.82, 2.24) is 4.90 Å². The molecule has 0 saturated carbocycles. The fraction of sp³-hybridized carbons (Fsp3) is 0.533. The number of nitrogens with zero attached hydrogens (tertiary/aromatic N) is 1. The molecule has 1 aromatic rings. The lowest BCUT2D eigenvalue weighted by molar-refractivity contribution is 0.000141. The minimum absolute atomic E-state index is 0.260. The van der Waals surface area contributed by atoms with Gasteiger partial charge in [-0.15, -0.1) is 0 Å². The number of hydrogen-bond acceptors (Lipinski definition) is 4. The summed E-state index contributed by atoms with van der Waals surface area (Å²) in [5, 5.41) is 0. The van der Waals surface area contributed by atoms with Gasteiger partial charge in [0, 0.05) is 19.1 Å². The average Bonchev–Trinajstić information content (AvgIpc) is 2.33. The molecule has 1 aliphatic heterocycles. The van der Waals surface area contributed by atoms with Crippen LogP contribution in [0.25, 0.3) is 0 Å². The first kappa shape index (κ1) is 13.9. The summed E-state index contributed by atoms with van der Waals surface area (Å²) in [7, 11) is 0. The van der Waals surface area contributed by atoms with Gasteiger partial charge in [0.05, 0.1) is 12.2 Å². The smallest absolute Gasteiger partial charge is 0.338 e. The van der Waals surface area contributed by atoms with Crippen LogP contribution in [0.1, 0.15) is 31.1 Å². The Balaban J connectivity index is 1.85. The van der Waals surface area contributed by atoms with Crippen molar-refractivity contribution in [1.29, 1.82) is 0 Å². The van der Waals surface area contributed by atoms with E-state index in [9.17, 15) is 4.79 Å². The number of likely N-dealkylation sites (tertiary alicyclic amines) is 1. The molecule has 19 heavy (non-hydrogen) atoms. The Hall–Kier alpha value is -1.55. The minimum atomic E-state index is -0.288. The number of hydrogen-bond donors (Lipinski definition) is 0. The van der Waals surface area contributed by atoms with Crippen molar-refractivity contribution in [3.05, 3.63) is 29.8 Å². The number of benzene rings is 1. The van der Waals surface area contributed by atoms with E-state index in [0.29, 0.717) is 18.2 Å². The highest BCUT2D eigenvalue weighted by molar-refractivity contribution is 5.89. The highest BCUT2D eigenvalue weighted by Crippen LogP contribution is 2.20. The van der Waals surface area contributed by atoms with Crippen molar-refractivity contribution < 1.29 is 14.3 Å². The van der Waals surface area contributed by atoms with Crippen LogP contribution in [-0.4, -0.2) is 42.7 Å². The summed E-state index contributed by atoms with van der Waals surface area (Å²) in [5.74, 6) is 0.519. The van der Waals surface area contributed by atoms with E-state index in [2.05, 4.69) is 18.7 Å². The van der Waals surface area contributed by atoms with E-state index in [0.717, 1.165) is 18.8 Å². The van der Waals surface area contributed by atoms with E-state index in [4.69, 9.17) is 9.47 Å². The van der Waals surface area contributed by atoms with E-state index in [1.54, 1.807) is 19.1 Å². The molecule has 1 aromatic carbocycles. The van der Waals surface area contributed by atoms with Crippen LogP contribution >= 0.6 is 0 Å². The minimum Gasteiger partial charge on any atom is -0.488 e. The second-order valence-electron chi connectivity index (χ2n) is 5.03. The molecule has 0 atom stereocenters. The highest BCUT2D eigenvalue weighted by Gasteiger charge is 2.29. The molecule has 0 aromatic heterocycles. The molecule has 0 spiro atoms. The first-order chi connectivity index (χ1) is 9.10. The van der Waals surface area contributed by atoms with Crippen LogP contribution in [-0.2, 0) is 4.74 Å². The van der Waals surface area contributed by atoms with Crippen molar-refractivity contribution in [3.63, 3.8) is 0 Å². The monoisotopic (exact) mass is 263 g/mol. The molecule has 4 heteroatoms. The molecule has 1 aliphatic rings. The molecule has 1 fully saturated rings. The normalized spacial score (nSPS) is 16.2. The topological polar surface area (TPSA) is 38.8 Å². The van der Waals surface area contributed by atoms with E-state index >= 15 is 0 Å². The van der Waals surface area contributed by atoms with Crippen LogP contribution in [0.3, 0.4) is 0 Å². The first-order valence-electron chi connectivity index (χ1n) is 6.78. The predicted octanol–water partition coefficient (Wildman–Crippen LogP) is 2.33. The molecular weight excluding hydrogens is 242 g/mol. The second-order valence-corrected chi connectivity index (χ2v) is 5.03. The van der Waals surface area contributed by atoms with Gasteiger partial charge in [0.25, 0.3) is 0 Å². The zero-order valence-electron chi connectivity index (χ0n) is 11.8. The quantitative estimate of drug-likeness (QED) is 0.764. The van der Waals surface area contributed by atoms with Gasteiger partial charge < -0.3 is 9.47 Å². The van der Waals surface area contributed by atoms with Crippen molar-refractivity contribution in [3.8, 4) is 5.75 Å². The van der Waals surface area contributed by atoms with Crippen molar-refractivity contribution >= 4 is 5.97 Å². The Bertz CT molecular complexity index is 422. The fourth-order valence-corrected chi connectivity index (χ4v) is 2.04. The van der Waals surface area contributed by atoms with Crippen molar-refractivity contribution in [2.45, 2.75) is 32.9 Å². The molecule has 1 saturated heterocycles. The molecule has 4 nitrogen and oxygen atoms in total. The zero-order valence-corrected chi connectivity index (χ0v) is 11.8. The van der Waals surface area contributed by atoms with Gasteiger partial charge >= 0.3 is 5.97 Å². The third-order valence-electron chi connectivity index (χ3n) is 3.27. The van der Waals surface area contributed by atoms with Gasteiger partial charge in [-0.1, -0.05) is 0 Å². The average molecular weight is 263 g/mol. The predicted molar refractivity (Wildman–Crippen MR) is 73.5 cm³/mol. The summed E-state index contributed by atoms with van der Waals surface area (Å²) in [6, 6.07) is 7.71. The molecule has 0 N–H and O–H groups in total. The lowest BCUT2D eigenvalue weighted by Crippen LogP contribution is -2.56. The van der Waals surface area contributed by atoms with Gasteiger partial charge in [0.15, 0.2) is 0 Å². The zero-order chi connectivity index (χ0) is 13.8. The van der Waals surface area contributed by atoms with E-state index in [1.807, 2.05) is 12.1 Å².